The predicted octanol–water partition coefficient (Wildman–Crippen LogP) is 4.47. The monoisotopic (exact) mass is 277 g/mol. The van der Waals surface area contributed by atoms with Gasteiger partial charge in [-0.1, -0.05) is 39.2 Å². The highest BCUT2D eigenvalue weighted by Crippen LogP contribution is 2.40. The summed E-state index contributed by atoms with van der Waals surface area (Å²) in [5, 5.41) is 12.4. The van der Waals surface area contributed by atoms with Gasteiger partial charge in [-0.2, -0.15) is 0 Å². The largest absolute Gasteiger partial charge is 0.508 e. The van der Waals surface area contributed by atoms with Crippen molar-refractivity contribution < 1.29 is 5.11 Å². The lowest BCUT2D eigenvalue weighted by molar-refractivity contribution is 0.370. The maximum absolute atomic E-state index is 9.66. The minimum atomic E-state index is 0.429. The molecule has 0 saturated carbocycles. The SMILES string of the molecule is CCCCCC1c2cc(O)ccc2CCC1C.CNC. The molecule has 0 fully saturated rings. The van der Waals surface area contributed by atoms with Gasteiger partial charge in [0.2, 0.25) is 0 Å². The summed E-state index contributed by atoms with van der Waals surface area (Å²) in [5.74, 6) is 1.86. The van der Waals surface area contributed by atoms with E-state index >= 15 is 0 Å². The van der Waals surface area contributed by atoms with Gasteiger partial charge in [-0.05, 0) is 68.5 Å². The molecule has 1 aliphatic rings. The second-order valence-corrected chi connectivity index (χ2v) is 6.00. The van der Waals surface area contributed by atoms with Crippen LogP contribution in [0, 0.1) is 5.92 Å². The highest BCUT2D eigenvalue weighted by molar-refractivity contribution is 5.39. The van der Waals surface area contributed by atoms with Crippen LogP contribution in [0.4, 0.5) is 0 Å². The average molecular weight is 277 g/mol. The smallest absolute Gasteiger partial charge is 0.115 e. The number of fused-ring (bicyclic) bond motifs is 1. The van der Waals surface area contributed by atoms with Gasteiger partial charge in [0.25, 0.3) is 0 Å². The first-order chi connectivity index (χ1) is 9.63. The van der Waals surface area contributed by atoms with Crippen LogP contribution in [0.15, 0.2) is 18.2 Å². The highest BCUT2D eigenvalue weighted by Gasteiger charge is 2.26. The van der Waals surface area contributed by atoms with E-state index in [1.807, 2.05) is 26.2 Å². The molecule has 2 heteroatoms. The summed E-state index contributed by atoms with van der Waals surface area (Å²) >= 11 is 0. The molecule has 1 aromatic rings. The van der Waals surface area contributed by atoms with Crippen molar-refractivity contribution in [1.29, 1.82) is 0 Å². The first-order valence-corrected chi connectivity index (χ1v) is 8.04. The number of hydrogen-bond donors (Lipinski definition) is 2. The lowest BCUT2D eigenvalue weighted by Crippen LogP contribution is -2.18. The molecule has 0 aliphatic heterocycles. The summed E-state index contributed by atoms with van der Waals surface area (Å²) < 4.78 is 0. The Morgan fingerprint density at radius 1 is 1.25 bits per heavy atom. The van der Waals surface area contributed by atoms with Crippen LogP contribution < -0.4 is 5.32 Å². The molecule has 2 unspecified atom stereocenters. The quantitative estimate of drug-likeness (QED) is 0.796. The predicted molar refractivity (Wildman–Crippen MR) is 87.5 cm³/mol. The molecular formula is C18H31NO. The number of benzene rings is 1. The molecule has 114 valence electrons. The molecule has 2 rings (SSSR count). The minimum Gasteiger partial charge on any atom is -0.508 e. The van der Waals surface area contributed by atoms with Crippen LogP contribution in [0.2, 0.25) is 0 Å². The van der Waals surface area contributed by atoms with Crippen molar-refractivity contribution in [3.63, 3.8) is 0 Å². The number of aromatic hydroxyl groups is 1. The van der Waals surface area contributed by atoms with E-state index in [1.165, 1.54) is 49.7 Å². The summed E-state index contributed by atoms with van der Waals surface area (Å²) in [5.41, 5.74) is 2.88. The Balaban J connectivity index is 0.000000612. The Morgan fingerprint density at radius 3 is 2.60 bits per heavy atom. The molecule has 0 saturated heterocycles. The van der Waals surface area contributed by atoms with Gasteiger partial charge in [-0.25, -0.2) is 0 Å². The normalized spacial score (nSPS) is 20.8. The van der Waals surface area contributed by atoms with E-state index in [0.29, 0.717) is 11.7 Å². The van der Waals surface area contributed by atoms with Gasteiger partial charge in [0.15, 0.2) is 0 Å². The summed E-state index contributed by atoms with van der Waals surface area (Å²) in [6.07, 6.45) is 7.70. The van der Waals surface area contributed by atoms with Gasteiger partial charge in [-0.3, -0.25) is 0 Å². The number of nitrogens with one attached hydrogen (secondary N) is 1. The van der Waals surface area contributed by atoms with Gasteiger partial charge in [0.1, 0.15) is 5.75 Å². The number of hydrogen-bond acceptors (Lipinski definition) is 2. The summed E-state index contributed by atoms with van der Waals surface area (Å²) in [6, 6.07) is 5.95. The van der Waals surface area contributed by atoms with E-state index < -0.39 is 0 Å². The van der Waals surface area contributed by atoms with Crippen LogP contribution >= 0.6 is 0 Å². The molecule has 1 aliphatic carbocycles. The lowest BCUT2D eigenvalue weighted by atomic mass is 9.73. The topological polar surface area (TPSA) is 32.3 Å². The van der Waals surface area contributed by atoms with Crippen LogP contribution in [-0.4, -0.2) is 19.2 Å². The van der Waals surface area contributed by atoms with Crippen molar-refractivity contribution in [1.82, 2.24) is 5.32 Å². The lowest BCUT2D eigenvalue weighted by Gasteiger charge is -2.31. The number of phenols is 1. The van der Waals surface area contributed by atoms with Gasteiger partial charge in [-0.15, -0.1) is 0 Å². The van der Waals surface area contributed by atoms with Gasteiger partial charge in [0, 0.05) is 0 Å². The molecule has 2 nitrogen and oxygen atoms in total. The van der Waals surface area contributed by atoms with E-state index in [0.717, 1.165) is 5.92 Å². The fraction of sp³-hybridized carbons (Fsp3) is 0.667. The van der Waals surface area contributed by atoms with Crippen molar-refractivity contribution in [3.05, 3.63) is 29.3 Å². The molecule has 0 heterocycles. The zero-order chi connectivity index (χ0) is 15.0. The second-order valence-electron chi connectivity index (χ2n) is 6.00. The maximum atomic E-state index is 9.66. The first-order valence-electron chi connectivity index (χ1n) is 8.04. The molecule has 2 atom stereocenters. The summed E-state index contributed by atoms with van der Waals surface area (Å²) in [6.45, 7) is 4.62. The molecule has 1 aromatic carbocycles. The number of aryl methyl sites for hydroxylation is 1. The van der Waals surface area contributed by atoms with E-state index in [9.17, 15) is 5.11 Å². The van der Waals surface area contributed by atoms with Crippen LogP contribution in [0.1, 0.15) is 63.0 Å². The molecule has 0 aromatic heterocycles. The third-order valence-electron chi connectivity index (χ3n) is 4.20. The van der Waals surface area contributed by atoms with E-state index in [2.05, 4.69) is 25.2 Å². The van der Waals surface area contributed by atoms with Crippen molar-refractivity contribution in [3.8, 4) is 5.75 Å². The third-order valence-corrected chi connectivity index (χ3v) is 4.20. The highest BCUT2D eigenvalue weighted by atomic mass is 16.3. The molecule has 0 spiro atoms. The Morgan fingerprint density at radius 2 is 1.95 bits per heavy atom. The van der Waals surface area contributed by atoms with Crippen LogP contribution in [0.25, 0.3) is 0 Å². The van der Waals surface area contributed by atoms with Crippen molar-refractivity contribution in [2.24, 2.45) is 5.92 Å². The molecule has 0 bridgehead atoms. The van der Waals surface area contributed by atoms with E-state index in [4.69, 9.17) is 0 Å². The van der Waals surface area contributed by atoms with Crippen LogP contribution in [-0.2, 0) is 6.42 Å². The van der Waals surface area contributed by atoms with Gasteiger partial charge in [0.05, 0.1) is 0 Å². The van der Waals surface area contributed by atoms with Crippen LogP contribution in [0.5, 0.6) is 5.75 Å². The summed E-state index contributed by atoms with van der Waals surface area (Å²) in [4.78, 5) is 0. The Hall–Kier alpha value is -1.02. The molecule has 2 N–H and O–H groups in total. The zero-order valence-corrected chi connectivity index (χ0v) is 13.6. The summed E-state index contributed by atoms with van der Waals surface area (Å²) in [7, 11) is 3.75. The second kappa shape index (κ2) is 9.02. The Labute approximate surface area is 124 Å². The molecule has 20 heavy (non-hydrogen) atoms. The average Bonchev–Trinajstić information content (AvgIpc) is 2.42. The molecular weight excluding hydrogens is 246 g/mol. The minimum absolute atomic E-state index is 0.429. The number of unbranched alkanes of at least 4 members (excludes halogenated alkanes) is 2. The first kappa shape index (κ1) is 17.0. The van der Waals surface area contributed by atoms with E-state index in [-0.39, 0.29) is 0 Å². The molecule has 0 radical (unpaired) electrons. The van der Waals surface area contributed by atoms with E-state index in [1.54, 1.807) is 0 Å². The van der Waals surface area contributed by atoms with Crippen molar-refractivity contribution in [2.45, 2.75) is 58.3 Å². The number of phenolic OH excluding ortho intramolecular Hbond substituents is 1. The number of rotatable bonds is 4. The fourth-order valence-electron chi connectivity index (χ4n) is 3.10. The standard InChI is InChI=1S/C16H24O.C2H7N/c1-3-4-5-6-15-12(2)7-8-13-9-10-14(17)11-16(13)15;1-3-2/h9-12,15,17H,3-8H2,1-2H3;3H,1-2H3. The van der Waals surface area contributed by atoms with Gasteiger partial charge >= 0.3 is 0 Å². The maximum Gasteiger partial charge on any atom is 0.115 e. The fourth-order valence-corrected chi connectivity index (χ4v) is 3.10. The van der Waals surface area contributed by atoms with Crippen molar-refractivity contribution >= 4 is 0 Å². The zero-order valence-electron chi connectivity index (χ0n) is 13.6. The van der Waals surface area contributed by atoms with Gasteiger partial charge < -0.3 is 10.4 Å². The van der Waals surface area contributed by atoms with Crippen LogP contribution in [0.3, 0.4) is 0 Å². The third kappa shape index (κ3) is 4.82. The Bertz CT molecular complexity index is 389. The molecule has 0 amide bonds. The van der Waals surface area contributed by atoms with Crippen molar-refractivity contribution in [2.75, 3.05) is 14.1 Å². The Kier molecular flexibility index (Phi) is 7.68.